The van der Waals surface area contributed by atoms with Crippen molar-refractivity contribution in [3.63, 3.8) is 0 Å². The highest BCUT2D eigenvalue weighted by Gasteiger charge is 2.04. The molecule has 0 aromatic carbocycles. The van der Waals surface area contributed by atoms with Gasteiger partial charge in [-0.2, -0.15) is 0 Å². The zero-order valence-electron chi connectivity index (χ0n) is 8.12. The second kappa shape index (κ2) is 5.32. The van der Waals surface area contributed by atoms with Crippen molar-refractivity contribution < 1.29 is 4.74 Å². The lowest BCUT2D eigenvalue weighted by atomic mass is 10.2. The molecule has 74 valence electrons. The van der Waals surface area contributed by atoms with E-state index in [1.807, 2.05) is 0 Å². The molecule has 4 heteroatoms. The van der Waals surface area contributed by atoms with Gasteiger partial charge in [-0.15, -0.1) is 11.3 Å². The highest BCUT2D eigenvalue weighted by Crippen LogP contribution is 2.17. The van der Waals surface area contributed by atoms with Crippen molar-refractivity contribution in [2.24, 2.45) is 5.73 Å². The van der Waals surface area contributed by atoms with Crippen LogP contribution in [0.2, 0.25) is 0 Å². The van der Waals surface area contributed by atoms with Gasteiger partial charge in [-0.05, 0) is 5.92 Å². The zero-order chi connectivity index (χ0) is 9.68. The third-order valence-corrected chi connectivity index (χ3v) is 2.49. The van der Waals surface area contributed by atoms with Crippen LogP contribution in [0.5, 0.6) is 0 Å². The number of aromatic nitrogens is 1. The number of rotatable bonds is 5. The van der Waals surface area contributed by atoms with Crippen molar-refractivity contribution >= 4 is 11.3 Å². The van der Waals surface area contributed by atoms with Gasteiger partial charge < -0.3 is 10.5 Å². The van der Waals surface area contributed by atoms with Crippen molar-refractivity contribution in [3.8, 4) is 0 Å². The smallest absolute Gasteiger partial charge is 0.119 e. The molecular weight excluding hydrogens is 184 g/mol. The standard InChI is InChI=1S/C9H16N2OS/c1-7(2)8-6-13-9(11-8)5-12-4-3-10/h6-7H,3-5,10H2,1-2H3. The molecule has 3 nitrogen and oxygen atoms in total. The van der Waals surface area contributed by atoms with E-state index >= 15 is 0 Å². The van der Waals surface area contributed by atoms with Crippen LogP contribution >= 0.6 is 11.3 Å². The molecule has 13 heavy (non-hydrogen) atoms. The molecule has 0 fully saturated rings. The van der Waals surface area contributed by atoms with Gasteiger partial charge in [-0.3, -0.25) is 0 Å². The van der Waals surface area contributed by atoms with Crippen LogP contribution < -0.4 is 5.73 Å². The van der Waals surface area contributed by atoms with Crippen molar-refractivity contribution in [2.45, 2.75) is 26.4 Å². The van der Waals surface area contributed by atoms with E-state index in [1.165, 1.54) is 0 Å². The lowest BCUT2D eigenvalue weighted by Gasteiger charge is -1.99. The maximum Gasteiger partial charge on any atom is 0.119 e. The Morgan fingerprint density at radius 2 is 2.38 bits per heavy atom. The van der Waals surface area contributed by atoms with E-state index in [4.69, 9.17) is 10.5 Å². The van der Waals surface area contributed by atoms with Crippen LogP contribution in [0.15, 0.2) is 5.38 Å². The second-order valence-electron chi connectivity index (χ2n) is 3.16. The molecule has 0 bridgehead atoms. The van der Waals surface area contributed by atoms with E-state index in [1.54, 1.807) is 11.3 Å². The van der Waals surface area contributed by atoms with Crippen LogP contribution in [-0.2, 0) is 11.3 Å². The summed E-state index contributed by atoms with van der Waals surface area (Å²) in [6.45, 7) is 6.05. The Morgan fingerprint density at radius 3 is 2.92 bits per heavy atom. The molecule has 1 rings (SSSR count). The van der Waals surface area contributed by atoms with Gasteiger partial charge >= 0.3 is 0 Å². The molecule has 1 heterocycles. The fourth-order valence-corrected chi connectivity index (χ4v) is 1.79. The molecule has 0 saturated carbocycles. The van der Waals surface area contributed by atoms with Gasteiger partial charge in [0, 0.05) is 11.9 Å². The van der Waals surface area contributed by atoms with Crippen LogP contribution in [0.3, 0.4) is 0 Å². The van der Waals surface area contributed by atoms with E-state index in [0.717, 1.165) is 10.7 Å². The van der Waals surface area contributed by atoms with Gasteiger partial charge in [0.15, 0.2) is 0 Å². The summed E-state index contributed by atoms with van der Waals surface area (Å²) in [5.41, 5.74) is 6.45. The summed E-state index contributed by atoms with van der Waals surface area (Å²) >= 11 is 1.65. The fourth-order valence-electron chi connectivity index (χ4n) is 0.899. The zero-order valence-corrected chi connectivity index (χ0v) is 8.93. The molecule has 0 unspecified atom stereocenters. The van der Waals surface area contributed by atoms with E-state index in [-0.39, 0.29) is 0 Å². The molecular formula is C9H16N2OS. The van der Waals surface area contributed by atoms with Crippen molar-refractivity contribution in [2.75, 3.05) is 13.2 Å². The number of hydrogen-bond donors (Lipinski definition) is 1. The molecule has 0 radical (unpaired) electrons. The molecule has 0 amide bonds. The highest BCUT2D eigenvalue weighted by molar-refractivity contribution is 7.09. The average molecular weight is 200 g/mol. The van der Waals surface area contributed by atoms with Crippen molar-refractivity contribution in [3.05, 3.63) is 16.1 Å². The first-order valence-corrected chi connectivity index (χ1v) is 5.34. The molecule has 1 aromatic rings. The van der Waals surface area contributed by atoms with E-state index in [9.17, 15) is 0 Å². The topological polar surface area (TPSA) is 48.1 Å². The summed E-state index contributed by atoms with van der Waals surface area (Å²) in [6.07, 6.45) is 0. The van der Waals surface area contributed by atoms with Gasteiger partial charge in [-0.25, -0.2) is 4.98 Å². The summed E-state index contributed by atoms with van der Waals surface area (Å²) in [4.78, 5) is 4.43. The fraction of sp³-hybridized carbons (Fsp3) is 0.667. The normalized spacial score (nSPS) is 11.1. The van der Waals surface area contributed by atoms with Crippen LogP contribution in [0.25, 0.3) is 0 Å². The quantitative estimate of drug-likeness (QED) is 0.736. The average Bonchev–Trinajstić information content (AvgIpc) is 2.53. The number of hydrogen-bond acceptors (Lipinski definition) is 4. The minimum absolute atomic E-state index is 0.500. The second-order valence-corrected chi connectivity index (χ2v) is 4.10. The van der Waals surface area contributed by atoms with Gasteiger partial charge in [0.2, 0.25) is 0 Å². The Hall–Kier alpha value is -0.450. The summed E-state index contributed by atoms with van der Waals surface area (Å²) in [6, 6.07) is 0. The number of nitrogens with zero attached hydrogens (tertiary/aromatic N) is 1. The third-order valence-electron chi connectivity index (χ3n) is 1.65. The van der Waals surface area contributed by atoms with Gasteiger partial charge in [0.1, 0.15) is 5.01 Å². The van der Waals surface area contributed by atoms with E-state index < -0.39 is 0 Å². The molecule has 0 saturated heterocycles. The molecule has 0 aliphatic rings. The Balaban J connectivity index is 2.40. The number of thiazole rings is 1. The number of nitrogens with two attached hydrogens (primary N) is 1. The van der Waals surface area contributed by atoms with Crippen LogP contribution in [-0.4, -0.2) is 18.1 Å². The minimum atomic E-state index is 0.500. The number of ether oxygens (including phenoxy) is 1. The first kappa shape index (κ1) is 10.6. The van der Waals surface area contributed by atoms with Crippen molar-refractivity contribution in [1.29, 1.82) is 0 Å². The van der Waals surface area contributed by atoms with Gasteiger partial charge in [0.05, 0.1) is 18.9 Å². The Labute approximate surface area is 82.9 Å². The molecule has 0 aliphatic heterocycles. The van der Waals surface area contributed by atoms with E-state index in [0.29, 0.717) is 25.7 Å². The Morgan fingerprint density at radius 1 is 1.62 bits per heavy atom. The largest absolute Gasteiger partial charge is 0.373 e. The summed E-state index contributed by atoms with van der Waals surface area (Å²) in [5.74, 6) is 0.500. The van der Waals surface area contributed by atoms with Gasteiger partial charge in [0.25, 0.3) is 0 Å². The summed E-state index contributed by atoms with van der Waals surface area (Å²) in [5, 5.41) is 3.13. The first-order valence-electron chi connectivity index (χ1n) is 4.46. The van der Waals surface area contributed by atoms with Gasteiger partial charge in [-0.1, -0.05) is 13.8 Å². The Bertz CT molecular complexity index is 248. The summed E-state index contributed by atoms with van der Waals surface area (Å²) < 4.78 is 5.28. The summed E-state index contributed by atoms with van der Waals surface area (Å²) in [7, 11) is 0. The lowest BCUT2D eigenvalue weighted by Crippen LogP contribution is -2.08. The van der Waals surface area contributed by atoms with Crippen LogP contribution in [0.1, 0.15) is 30.5 Å². The SMILES string of the molecule is CC(C)c1csc(COCCN)n1. The lowest BCUT2D eigenvalue weighted by molar-refractivity contribution is 0.128. The van der Waals surface area contributed by atoms with Crippen LogP contribution in [0.4, 0.5) is 0 Å². The Kier molecular flexibility index (Phi) is 4.35. The first-order chi connectivity index (χ1) is 6.24. The molecule has 2 N–H and O–H groups in total. The minimum Gasteiger partial charge on any atom is -0.373 e. The van der Waals surface area contributed by atoms with Crippen molar-refractivity contribution in [1.82, 2.24) is 4.98 Å². The molecule has 0 spiro atoms. The molecule has 0 atom stereocenters. The monoisotopic (exact) mass is 200 g/mol. The maximum atomic E-state index is 5.30. The predicted octanol–water partition coefficient (Wildman–Crippen LogP) is 1.74. The highest BCUT2D eigenvalue weighted by atomic mass is 32.1. The van der Waals surface area contributed by atoms with E-state index in [2.05, 4.69) is 24.2 Å². The molecule has 0 aliphatic carbocycles. The third kappa shape index (κ3) is 3.42. The molecule has 1 aromatic heterocycles. The maximum absolute atomic E-state index is 5.30. The van der Waals surface area contributed by atoms with Crippen LogP contribution in [0, 0.1) is 0 Å². The predicted molar refractivity (Wildman–Crippen MR) is 54.9 cm³/mol.